The molecule has 3 nitrogen and oxygen atoms in total. The third-order valence-corrected chi connectivity index (χ3v) is 2.85. The molecule has 0 spiro atoms. The number of amides is 1. The summed E-state index contributed by atoms with van der Waals surface area (Å²) >= 11 is 3.31. The Kier molecular flexibility index (Phi) is 3.54. The van der Waals surface area contributed by atoms with Gasteiger partial charge in [0.05, 0.1) is 0 Å². The van der Waals surface area contributed by atoms with E-state index in [4.69, 9.17) is 0 Å². The first-order valence-corrected chi connectivity index (χ1v) is 5.92. The van der Waals surface area contributed by atoms with Crippen LogP contribution >= 0.6 is 15.9 Å². The lowest BCUT2D eigenvalue weighted by Crippen LogP contribution is -2.26. The van der Waals surface area contributed by atoms with Crippen LogP contribution in [0.15, 0.2) is 53.1 Å². The summed E-state index contributed by atoms with van der Waals surface area (Å²) < 4.78 is 0.891. The van der Waals surface area contributed by atoms with Crippen LogP contribution in [0, 0.1) is 0 Å². The van der Waals surface area contributed by atoms with E-state index in [1.54, 1.807) is 31.4 Å². The predicted octanol–water partition coefficient (Wildman–Crippen LogP) is 3.12. The molecular weight excluding hydrogens is 280 g/mol. The van der Waals surface area contributed by atoms with Crippen LogP contribution in [0.2, 0.25) is 0 Å². The summed E-state index contributed by atoms with van der Waals surface area (Å²) in [6.07, 6.45) is 1.67. The monoisotopic (exact) mass is 290 g/mol. The molecule has 1 aromatic carbocycles. The van der Waals surface area contributed by atoms with Crippen LogP contribution in [0.1, 0.15) is 10.4 Å². The highest BCUT2D eigenvalue weighted by Gasteiger charge is 2.13. The highest BCUT2D eigenvalue weighted by atomic mass is 79.9. The van der Waals surface area contributed by atoms with Gasteiger partial charge in [0.1, 0.15) is 5.82 Å². The highest BCUT2D eigenvalue weighted by Crippen LogP contribution is 2.15. The largest absolute Gasteiger partial charge is 0.296 e. The first kappa shape index (κ1) is 11.8. The Hall–Kier alpha value is -1.68. The van der Waals surface area contributed by atoms with Gasteiger partial charge in [-0.15, -0.1) is 0 Å². The molecule has 0 saturated carbocycles. The summed E-state index contributed by atoms with van der Waals surface area (Å²) in [5.74, 6) is 0.558. The normalized spacial score (nSPS) is 10.0. The summed E-state index contributed by atoms with van der Waals surface area (Å²) in [4.78, 5) is 17.8. The maximum Gasteiger partial charge on any atom is 0.259 e. The van der Waals surface area contributed by atoms with Crippen molar-refractivity contribution in [3.8, 4) is 0 Å². The van der Waals surface area contributed by atoms with Gasteiger partial charge in [-0.3, -0.25) is 9.69 Å². The number of nitrogens with zero attached hydrogens (tertiary/aromatic N) is 2. The zero-order valence-corrected chi connectivity index (χ0v) is 10.9. The number of carbonyl (C=O) groups excluding carboxylic acids is 1. The summed E-state index contributed by atoms with van der Waals surface area (Å²) in [5, 5.41) is 0. The molecule has 0 radical (unpaired) electrons. The molecule has 4 heteroatoms. The molecule has 0 atom stereocenters. The summed E-state index contributed by atoms with van der Waals surface area (Å²) in [5.41, 5.74) is 0.653. The van der Waals surface area contributed by atoms with Crippen LogP contribution in [-0.2, 0) is 0 Å². The van der Waals surface area contributed by atoms with E-state index in [9.17, 15) is 4.79 Å². The number of pyridine rings is 1. The quantitative estimate of drug-likeness (QED) is 0.851. The van der Waals surface area contributed by atoms with E-state index in [-0.39, 0.29) is 5.91 Å². The lowest BCUT2D eigenvalue weighted by atomic mass is 10.2. The van der Waals surface area contributed by atoms with Crippen molar-refractivity contribution in [3.05, 3.63) is 58.7 Å². The smallest absolute Gasteiger partial charge is 0.259 e. The number of hydrogen-bond donors (Lipinski definition) is 0. The van der Waals surface area contributed by atoms with E-state index in [1.165, 1.54) is 4.90 Å². The molecule has 86 valence electrons. The van der Waals surface area contributed by atoms with Gasteiger partial charge < -0.3 is 0 Å². The molecule has 2 rings (SSSR count). The van der Waals surface area contributed by atoms with Crippen molar-refractivity contribution in [3.63, 3.8) is 0 Å². The average Bonchev–Trinajstić information content (AvgIpc) is 2.39. The molecule has 1 heterocycles. The van der Waals surface area contributed by atoms with Crippen molar-refractivity contribution in [2.75, 3.05) is 11.9 Å². The standard InChI is InChI=1S/C13H11BrN2O/c1-16(12-8-7-11(14)9-15-12)13(17)10-5-3-2-4-6-10/h2-9H,1H3. The molecule has 1 aromatic heterocycles. The number of aromatic nitrogens is 1. The van der Waals surface area contributed by atoms with Crippen molar-refractivity contribution < 1.29 is 4.79 Å². The van der Waals surface area contributed by atoms with Crippen LogP contribution in [0.5, 0.6) is 0 Å². The van der Waals surface area contributed by atoms with Gasteiger partial charge in [-0.25, -0.2) is 4.98 Å². The van der Waals surface area contributed by atoms with E-state index >= 15 is 0 Å². The molecule has 0 aliphatic rings. The van der Waals surface area contributed by atoms with Crippen molar-refractivity contribution in [1.82, 2.24) is 4.98 Å². The predicted molar refractivity (Wildman–Crippen MR) is 71.1 cm³/mol. The molecule has 0 saturated heterocycles. The highest BCUT2D eigenvalue weighted by molar-refractivity contribution is 9.10. The van der Waals surface area contributed by atoms with E-state index in [1.807, 2.05) is 24.3 Å². The number of hydrogen-bond acceptors (Lipinski definition) is 2. The van der Waals surface area contributed by atoms with E-state index in [2.05, 4.69) is 20.9 Å². The Morgan fingerprint density at radius 3 is 2.47 bits per heavy atom. The second-order valence-electron chi connectivity index (χ2n) is 3.56. The zero-order chi connectivity index (χ0) is 12.3. The minimum atomic E-state index is -0.0691. The number of halogens is 1. The van der Waals surface area contributed by atoms with Gasteiger partial charge >= 0.3 is 0 Å². The second kappa shape index (κ2) is 5.10. The van der Waals surface area contributed by atoms with Gasteiger partial charge in [-0.05, 0) is 40.2 Å². The molecule has 17 heavy (non-hydrogen) atoms. The molecule has 0 aliphatic heterocycles. The Morgan fingerprint density at radius 1 is 1.18 bits per heavy atom. The van der Waals surface area contributed by atoms with Crippen LogP contribution in [0.25, 0.3) is 0 Å². The summed E-state index contributed by atoms with van der Waals surface area (Å²) in [6, 6.07) is 12.8. The van der Waals surface area contributed by atoms with E-state index in [0.29, 0.717) is 11.4 Å². The molecule has 1 amide bonds. The molecular formula is C13H11BrN2O. The lowest BCUT2D eigenvalue weighted by molar-refractivity contribution is 0.0992. The third kappa shape index (κ3) is 2.71. The minimum absolute atomic E-state index is 0.0691. The van der Waals surface area contributed by atoms with Crippen LogP contribution in [0.4, 0.5) is 5.82 Å². The minimum Gasteiger partial charge on any atom is -0.296 e. The van der Waals surface area contributed by atoms with Crippen LogP contribution in [-0.4, -0.2) is 17.9 Å². The lowest BCUT2D eigenvalue weighted by Gasteiger charge is -2.16. The SMILES string of the molecule is CN(C(=O)c1ccccc1)c1ccc(Br)cn1. The fourth-order valence-corrected chi connectivity index (χ4v) is 1.68. The van der Waals surface area contributed by atoms with Gasteiger partial charge in [0, 0.05) is 23.3 Å². The van der Waals surface area contributed by atoms with Gasteiger partial charge in [-0.1, -0.05) is 18.2 Å². The van der Waals surface area contributed by atoms with Crippen molar-refractivity contribution in [2.45, 2.75) is 0 Å². The van der Waals surface area contributed by atoms with Crippen molar-refractivity contribution in [2.24, 2.45) is 0 Å². The first-order valence-electron chi connectivity index (χ1n) is 5.13. The maximum absolute atomic E-state index is 12.1. The summed E-state index contributed by atoms with van der Waals surface area (Å²) in [6.45, 7) is 0. The van der Waals surface area contributed by atoms with E-state index in [0.717, 1.165) is 4.47 Å². The topological polar surface area (TPSA) is 33.2 Å². The molecule has 0 unspecified atom stereocenters. The summed E-state index contributed by atoms with van der Waals surface area (Å²) in [7, 11) is 1.71. The average molecular weight is 291 g/mol. The Labute approximate surface area is 108 Å². The molecule has 0 aliphatic carbocycles. The zero-order valence-electron chi connectivity index (χ0n) is 9.30. The Morgan fingerprint density at radius 2 is 1.88 bits per heavy atom. The van der Waals surface area contributed by atoms with Gasteiger partial charge in [-0.2, -0.15) is 0 Å². The second-order valence-corrected chi connectivity index (χ2v) is 4.48. The number of benzene rings is 1. The molecule has 0 fully saturated rings. The third-order valence-electron chi connectivity index (χ3n) is 2.38. The van der Waals surface area contributed by atoms with E-state index < -0.39 is 0 Å². The fourth-order valence-electron chi connectivity index (χ4n) is 1.44. The molecule has 0 N–H and O–H groups in total. The Bertz CT molecular complexity index is 511. The fraction of sp³-hybridized carbons (Fsp3) is 0.0769. The van der Waals surface area contributed by atoms with Crippen molar-refractivity contribution >= 4 is 27.7 Å². The first-order chi connectivity index (χ1) is 8.18. The Balaban J connectivity index is 2.23. The van der Waals surface area contributed by atoms with Gasteiger partial charge in [0.25, 0.3) is 5.91 Å². The van der Waals surface area contributed by atoms with Crippen molar-refractivity contribution in [1.29, 1.82) is 0 Å². The molecule has 2 aromatic rings. The van der Waals surface area contributed by atoms with Gasteiger partial charge in [0.2, 0.25) is 0 Å². The van der Waals surface area contributed by atoms with Gasteiger partial charge in [0.15, 0.2) is 0 Å². The number of rotatable bonds is 2. The maximum atomic E-state index is 12.1. The number of carbonyl (C=O) groups is 1. The van der Waals surface area contributed by atoms with Crippen LogP contribution in [0.3, 0.4) is 0 Å². The van der Waals surface area contributed by atoms with Crippen LogP contribution < -0.4 is 4.90 Å². The number of anilines is 1. The molecule has 0 bridgehead atoms.